The molecule has 1 unspecified atom stereocenters. The molecule has 0 aliphatic rings. The fourth-order valence-corrected chi connectivity index (χ4v) is 3.09. The van der Waals surface area contributed by atoms with E-state index in [1.807, 2.05) is 20.8 Å². The molecule has 1 atom stereocenters. The van der Waals surface area contributed by atoms with E-state index in [0.29, 0.717) is 24.2 Å². The van der Waals surface area contributed by atoms with Crippen molar-refractivity contribution >= 4 is 21.6 Å². The number of hydrogen-bond acceptors (Lipinski definition) is 4. The van der Waals surface area contributed by atoms with Gasteiger partial charge in [-0.3, -0.25) is 9.52 Å². The summed E-state index contributed by atoms with van der Waals surface area (Å²) in [6.45, 7) is 8.04. The topological polar surface area (TPSA) is 101 Å². The molecule has 4 N–H and O–H groups in total. The SMILES string of the molecule is CCCS(=O)(=O)Nc1ccc(C(=O)NC(C)(CN)C(C)C)cc1. The fourth-order valence-electron chi connectivity index (χ4n) is 1.95. The second-order valence-corrected chi connectivity index (χ2v) is 8.07. The monoisotopic (exact) mass is 341 g/mol. The van der Waals surface area contributed by atoms with Crippen molar-refractivity contribution in [3.05, 3.63) is 29.8 Å². The minimum Gasteiger partial charge on any atom is -0.345 e. The Balaban J connectivity index is 2.82. The van der Waals surface area contributed by atoms with Gasteiger partial charge < -0.3 is 11.1 Å². The van der Waals surface area contributed by atoms with E-state index in [9.17, 15) is 13.2 Å². The van der Waals surface area contributed by atoms with Crippen LogP contribution in [0.4, 0.5) is 5.69 Å². The summed E-state index contributed by atoms with van der Waals surface area (Å²) in [6.07, 6.45) is 0.544. The number of nitrogens with two attached hydrogens (primary N) is 1. The van der Waals surface area contributed by atoms with Crippen LogP contribution in [0.3, 0.4) is 0 Å². The van der Waals surface area contributed by atoms with Gasteiger partial charge in [0.25, 0.3) is 5.91 Å². The van der Waals surface area contributed by atoms with Crippen LogP contribution in [0.5, 0.6) is 0 Å². The van der Waals surface area contributed by atoms with E-state index < -0.39 is 15.6 Å². The van der Waals surface area contributed by atoms with Crippen molar-refractivity contribution in [1.29, 1.82) is 0 Å². The summed E-state index contributed by atoms with van der Waals surface area (Å²) in [5, 5.41) is 2.94. The molecule has 0 aliphatic carbocycles. The van der Waals surface area contributed by atoms with Crippen LogP contribution in [0.25, 0.3) is 0 Å². The first-order valence-corrected chi connectivity index (χ1v) is 9.42. The number of hydrogen-bond donors (Lipinski definition) is 3. The maximum Gasteiger partial charge on any atom is 0.251 e. The van der Waals surface area contributed by atoms with E-state index >= 15 is 0 Å². The summed E-state index contributed by atoms with van der Waals surface area (Å²) in [5.41, 5.74) is 6.18. The van der Waals surface area contributed by atoms with Crippen molar-refractivity contribution in [2.75, 3.05) is 17.0 Å². The van der Waals surface area contributed by atoms with E-state index in [4.69, 9.17) is 5.73 Å². The van der Waals surface area contributed by atoms with Gasteiger partial charge in [0, 0.05) is 17.8 Å². The molecule has 6 nitrogen and oxygen atoms in total. The minimum atomic E-state index is -3.33. The Morgan fingerprint density at radius 2 is 1.83 bits per heavy atom. The molecule has 130 valence electrons. The van der Waals surface area contributed by atoms with Gasteiger partial charge in [0.05, 0.1) is 11.3 Å². The quantitative estimate of drug-likeness (QED) is 0.672. The molecule has 0 radical (unpaired) electrons. The number of carbonyl (C=O) groups excluding carboxylic acids is 1. The van der Waals surface area contributed by atoms with Crippen molar-refractivity contribution in [3.8, 4) is 0 Å². The van der Waals surface area contributed by atoms with Gasteiger partial charge >= 0.3 is 0 Å². The van der Waals surface area contributed by atoms with Crippen LogP contribution in [0, 0.1) is 5.92 Å². The van der Waals surface area contributed by atoms with Crippen molar-refractivity contribution in [1.82, 2.24) is 5.32 Å². The van der Waals surface area contributed by atoms with E-state index in [1.54, 1.807) is 31.2 Å². The molecule has 1 aromatic carbocycles. The first kappa shape index (κ1) is 19.4. The van der Waals surface area contributed by atoms with E-state index in [1.165, 1.54) is 0 Å². The minimum absolute atomic E-state index is 0.0679. The third-order valence-electron chi connectivity index (χ3n) is 3.99. The van der Waals surface area contributed by atoms with Crippen LogP contribution in [-0.2, 0) is 10.0 Å². The van der Waals surface area contributed by atoms with Crippen LogP contribution in [0.2, 0.25) is 0 Å². The molecular formula is C16H27N3O3S. The molecule has 0 fully saturated rings. The summed E-state index contributed by atoms with van der Waals surface area (Å²) < 4.78 is 25.9. The number of anilines is 1. The van der Waals surface area contributed by atoms with Crippen molar-refractivity contribution in [2.24, 2.45) is 11.7 Å². The smallest absolute Gasteiger partial charge is 0.251 e. The Hall–Kier alpha value is -1.60. The highest BCUT2D eigenvalue weighted by Crippen LogP contribution is 2.17. The Morgan fingerprint density at radius 3 is 2.26 bits per heavy atom. The zero-order valence-corrected chi connectivity index (χ0v) is 15.0. The van der Waals surface area contributed by atoms with Crippen LogP contribution < -0.4 is 15.8 Å². The molecule has 0 heterocycles. The van der Waals surface area contributed by atoms with Gasteiger partial charge in [-0.15, -0.1) is 0 Å². The lowest BCUT2D eigenvalue weighted by Crippen LogP contribution is -2.55. The van der Waals surface area contributed by atoms with Gasteiger partial charge in [-0.25, -0.2) is 8.42 Å². The van der Waals surface area contributed by atoms with Gasteiger partial charge in [0.1, 0.15) is 0 Å². The first-order chi connectivity index (χ1) is 10.6. The molecule has 0 aliphatic heterocycles. The van der Waals surface area contributed by atoms with E-state index in [0.717, 1.165) is 0 Å². The number of nitrogens with one attached hydrogen (secondary N) is 2. The molecule has 1 rings (SSSR count). The molecule has 7 heteroatoms. The highest BCUT2D eigenvalue weighted by Gasteiger charge is 2.28. The lowest BCUT2D eigenvalue weighted by molar-refractivity contribution is 0.0883. The molecule has 1 aromatic rings. The van der Waals surface area contributed by atoms with E-state index in [2.05, 4.69) is 10.0 Å². The van der Waals surface area contributed by atoms with Crippen LogP contribution in [-0.4, -0.2) is 32.2 Å². The first-order valence-electron chi connectivity index (χ1n) is 7.76. The van der Waals surface area contributed by atoms with Crippen LogP contribution in [0.1, 0.15) is 44.5 Å². The van der Waals surface area contributed by atoms with Crippen LogP contribution >= 0.6 is 0 Å². The predicted molar refractivity (Wildman–Crippen MR) is 93.9 cm³/mol. The molecular weight excluding hydrogens is 314 g/mol. The molecule has 0 aromatic heterocycles. The predicted octanol–water partition coefficient (Wildman–Crippen LogP) is 1.94. The number of rotatable bonds is 8. The maximum absolute atomic E-state index is 12.3. The maximum atomic E-state index is 12.3. The number of amides is 1. The van der Waals surface area contributed by atoms with E-state index in [-0.39, 0.29) is 17.6 Å². The molecule has 23 heavy (non-hydrogen) atoms. The van der Waals surface area contributed by atoms with Gasteiger partial charge in [-0.2, -0.15) is 0 Å². The largest absolute Gasteiger partial charge is 0.345 e. The Labute approximate surface area is 138 Å². The van der Waals surface area contributed by atoms with Gasteiger partial charge in [-0.05, 0) is 43.5 Å². The van der Waals surface area contributed by atoms with Crippen molar-refractivity contribution in [3.63, 3.8) is 0 Å². The molecule has 1 amide bonds. The van der Waals surface area contributed by atoms with Crippen molar-refractivity contribution in [2.45, 2.75) is 39.7 Å². The number of carbonyl (C=O) groups is 1. The Morgan fingerprint density at radius 1 is 1.26 bits per heavy atom. The number of sulfonamides is 1. The van der Waals surface area contributed by atoms with Crippen LogP contribution in [0.15, 0.2) is 24.3 Å². The summed E-state index contributed by atoms with van der Waals surface area (Å²) in [6, 6.07) is 6.35. The van der Waals surface area contributed by atoms with Gasteiger partial charge in [0.2, 0.25) is 10.0 Å². The third kappa shape index (κ3) is 5.51. The average molecular weight is 341 g/mol. The zero-order valence-electron chi connectivity index (χ0n) is 14.2. The lowest BCUT2D eigenvalue weighted by Gasteiger charge is -2.33. The fraction of sp³-hybridized carbons (Fsp3) is 0.562. The standard InChI is InChI=1S/C16H27N3O3S/c1-5-10-23(21,22)19-14-8-6-13(7-9-14)15(20)18-16(4,11-17)12(2)3/h6-9,12,19H,5,10-11,17H2,1-4H3,(H,18,20). The molecule has 0 spiro atoms. The molecule has 0 saturated carbocycles. The lowest BCUT2D eigenvalue weighted by atomic mass is 9.88. The summed E-state index contributed by atoms with van der Waals surface area (Å²) in [7, 11) is -3.33. The third-order valence-corrected chi connectivity index (χ3v) is 5.48. The summed E-state index contributed by atoms with van der Waals surface area (Å²) in [4.78, 5) is 12.3. The Kier molecular flexibility index (Phi) is 6.58. The molecule has 0 saturated heterocycles. The Bertz CT molecular complexity index is 626. The van der Waals surface area contributed by atoms with Gasteiger partial charge in [0.15, 0.2) is 0 Å². The highest BCUT2D eigenvalue weighted by molar-refractivity contribution is 7.92. The normalized spacial score (nSPS) is 14.3. The second kappa shape index (κ2) is 7.79. The summed E-state index contributed by atoms with van der Waals surface area (Å²) in [5.74, 6) is 0.0320. The van der Waals surface area contributed by atoms with Crippen molar-refractivity contribution < 1.29 is 13.2 Å². The average Bonchev–Trinajstić information content (AvgIpc) is 2.46. The second-order valence-electron chi connectivity index (χ2n) is 6.23. The zero-order chi connectivity index (χ0) is 17.7. The molecule has 0 bridgehead atoms. The highest BCUT2D eigenvalue weighted by atomic mass is 32.2. The van der Waals surface area contributed by atoms with Gasteiger partial charge in [-0.1, -0.05) is 20.8 Å². The number of benzene rings is 1. The summed E-state index contributed by atoms with van der Waals surface area (Å²) >= 11 is 0.